The Hall–Kier alpha value is -0.780. The normalized spacial score (nSPS) is 25.4. The molecule has 1 aliphatic rings. The van der Waals surface area contributed by atoms with Crippen LogP contribution in [0.5, 0.6) is 0 Å². The maximum atomic E-state index is 12.8. The summed E-state index contributed by atoms with van der Waals surface area (Å²) in [6.45, 7) is 3.86. The molecule has 1 aromatic rings. The summed E-state index contributed by atoms with van der Waals surface area (Å²) in [4.78, 5) is 0.0391. The topological polar surface area (TPSA) is 63.4 Å². The monoisotopic (exact) mass is 302 g/mol. The van der Waals surface area contributed by atoms with E-state index in [0.29, 0.717) is 0 Å². The van der Waals surface area contributed by atoms with Crippen molar-refractivity contribution in [1.82, 2.24) is 4.31 Å². The summed E-state index contributed by atoms with van der Waals surface area (Å²) in [6, 6.07) is 4.73. The van der Waals surface area contributed by atoms with Gasteiger partial charge in [-0.2, -0.15) is 4.31 Å². The summed E-state index contributed by atoms with van der Waals surface area (Å²) < 4.78 is 27.2. The lowest BCUT2D eigenvalue weighted by molar-refractivity contribution is 0.204. The lowest BCUT2D eigenvalue weighted by atomic mass is 10.0. The number of benzene rings is 1. The minimum atomic E-state index is -3.65. The molecular formula is C13H19ClN2O2S. The van der Waals surface area contributed by atoms with E-state index in [-0.39, 0.29) is 27.7 Å². The van der Waals surface area contributed by atoms with Gasteiger partial charge < -0.3 is 5.73 Å². The largest absolute Gasteiger partial charge is 0.398 e. The third kappa shape index (κ3) is 2.59. The Balaban J connectivity index is 2.53. The number of halogens is 1. The highest BCUT2D eigenvalue weighted by Crippen LogP contribution is 2.35. The Bertz CT molecular complexity index is 544. The van der Waals surface area contributed by atoms with Crippen LogP contribution in [0.15, 0.2) is 23.1 Å². The summed E-state index contributed by atoms with van der Waals surface area (Å²) >= 11 is 6.04. The number of anilines is 1. The number of nitrogen functional groups attached to an aromatic ring is 1. The van der Waals surface area contributed by atoms with Gasteiger partial charge in [0, 0.05) is 12.1 Å². The lowest BCUT2D eigenvalue weighted by Crippen LogP contribution is -2.47. The van der Waals surface area contributed by atoms with E-state index in [4.69, 9.17) is 17.3 Å². The van der Waals surface area contributed by atoms with E-state index >= 15 is 0 Å². The van der Waals surface area contributed by atoms with Crippen LogP contribution in [0.2, 0.25) is 5.02 Å². The van der Waals surface area contributed by atoms with Crippen LogP contribution in [-0.4, -0.2) is 24.8 Å². The van der Waals surface area contributed by atoms with Crippen LogP contribution in [0, 0.1) is 0 Å². The zero-order chi connectivity index (χ0) is 14.2. The van der Waals surface area contributed by atoms with Gasteiger partial charge >= 0.3 is 0 Å². The third-order valence-electron chi connectivity index (χ3n) is 3.65. The van der Waals surface area contributed by atoms with Gasteiger partial charge in [0.1, 0.15) is 4.90 Å². The highest BCUT2D eigenvalue weighted by Gasteiger charge is 2.37. The molecule has 1 aliphatic heterocycles. The lowest BCUT2D eigenvalue weighted by Gasteiger charge is -2.38. The molecule has 0 radical (unpaired) electrons. The van der Waals surface area contributed by atoms with Gasteiger partial charge in [0.2, 0.25) is 10.0 Å². The average molecular weight is 303 g/mol. The van der Waals surface area contributed by atoms with Gasteiger partial charge in [-0.3, -0.25) is 0 Å². The summed E-state index contributed by atoms with van der Waals surface area (Å²) in [7, 11) is -3.65. The second kappa shape index (κ2) is 5.31. The molecule has 2 N–H and O–H groups in total. The SMILES string of the molecule is C[C@@H]1CCC[C@H](C)N1S(=O)(=O)c1c(N)cccc1Cl. The van der Waals surface area contributed by atoms with Crippen molar-refractivity contribution in [3.63, 3.8) is 0 Å². The zero-order valence-corrected chi connectivity index (χ0v) is 12.7. The fourth-order valence-corrected chi connectivity index (χ4v) is 5.30. The van der Waals surface area contributed by atoms with Crippen molar-refractivity contribution in [1.29, 1.82) is 0 Å². The second-order valence-corrected chi connectivity index (χ2v) is 7.31. The molecule has 6 heteroatoms. The molecule has 1 saturated heterocycles. The Kier molecular flexibility index (Phi) is 4.08. The van der Waals surface area contributed by atoms with Crippen molar-refractivity contribution in [2.45, 2.75) is 50.1 Å². The first kappa shape index (κ1) is 14.6. The van der Waals surface area contributed by atoms with Gasteiger partial charge in [-0.1, -0.05) is 24.1 Å². The Morgan fingerprint density at radius 1 is 1.26 bits per heavy atom. The molecule has 1 fully saturated rings. The van der Waals surface area contributed by atoms with E-state index in [2.05, 4.69) is 0 Å². The van der Waals surface area contributed by atoms with Gasteiger partial charge in [0.15, 0.2) is 0 Å². The molecule has 0 spiro atoms. The number of piperidine rings is 1. The van der Waals surface area contributed by atoms with Gasteiger partial charge in [0.25, 0.3) is 0 Å². The fourth-order valence-electron chi connectivity index (χ4n) is 2.77. The van der Waals surface area contributed by atoms with E-state index in [1.807, 2.05) is 13.8 Å². The molecule has 0 aromatic heterocycles. The molecule has 2 atom stereocenters. The number of hydrogen-bond donors (Lipinski definition) is 1. The Morgan fingerprint density at radius 2 is 1.84 bits per heavy atom. The van der Waals surface area contributed by atoms with E-state index in [1.54, 1.807) is 22.5 Å². The summed E-state index contributed by atoms with van der Waals surface area (Å²) in [6.07, 6.45) is 2.79. The van der Waals surface area contributed by atoms with Crippen LogP contribution in [0.3, 0.4) is 0 Å². The van der Waals surface area contributed by atoms with Crippen molar-refractivity contribution < 1.29 is 8.42 Å². The van der Waals surface area contributed by atoms with Crippen LogP contribution in [0.25, 0.3) is 0 Å². The van der Waals surface area contributed by atoms with Crippen molar-refractivity contribution in [2.75, 3.05) is 5.73 Å². The molecular weight excluding hydrogens is 284 g/mol. The van der Waals surface area contributed by atoms with Crippen LogP contribution in [0.4, 0.5) is 5.69 Å². The van der Waals surface area contributed by atoms with Crippen molar-refractivity contribution >= 4 is 27.3 Å². The van der Waals surface area contributed by atoms with Crippen molar-refractivity contribution in [2.24, 2.45) is 0 Å². The summed E-state index contributed by atoms with van der Waals surface area (Å²) in [5.41, 5.74) is 6.02. The van der Waals surface area contributed by atoms with Gasteiger partial charge in [0.05, 0.1) is 10.7 Å². The van der Waals surface area contributed by atoms with Crippen LogP contribution in [-0.2, 0) is 10.0 Å². The van der Waals surface area contributed by atoms with Gasteiger partial charge in [-0.15, -0.1) is 0 Å². The molecule has 1 aromatic carbocycles. The first-order chi connectivity index (χ1) is 8.85. The number of nitrogens with zero attached hydrogens (tertiary/aromatic N) is 1. The minimum absolute atomic E-state index is 0.0237. The van der Waals surface area contributed by atoms with E-state index in [9.17, 15) is 8.42 Å². The standard InChI is InChI=1S/C13H19ClN2O2S/c1-9-5-3-6-10(2)16(9)19(17,18)13-11(14)7-4-8-12(13)15/h4,7-10H,3,5-6,15H2,1-2H3/t9-,10+. The number of hydrogen-bond acceptors (Lipinski definition) is 3. The smallest absolute Gasteiger partial charge is 0.247 e. The van der Waals surface area contributed by atoms with E-state index in [1.165, 1.54) is 0 Å². The predicted octanol–water partition coefficient (Wildman–Crippen LogP) is 2.87. The minimum Gasteiger partial charge on any atom is -0.398 e. The highest BCUT2D eigenvalue weighted by atomic mass is 35.5. The van der Waals surface area contributed by atoms with E-state index in [0.717, 1.165) is 19.3 Å². The average Bonchev–Trinajstić information content (AvgIpc) is 2.27. The van der Waals surface area contributed by atoms with Crippen molar-refractivity contribution in [3.8, 4) is 0 Å². The van der Waals surface area contributed by atoms with Crippen LogP contribution >= 0.6 is 11.6 Å². The molecule has 4 nitrogen and oxygen atoms in total. The van der Waals surface area contributed by atoms with Gasteiger partial charge in [-0.25, -0.2) is 8.42 Å². The van der Waals surface area contributed by atoms with Gasteiger partial charge in [-0.05, 0) is 38.8 Å². The second-order valence-electron chi connectivity index (χ2n) is 5.12. The summed E-state index contributed by atoms with van der Waals surface area (Å²) in [5, 5.41) is 0.185. The molecule has 0 bridgehead atoms. The Morgan fingerprint density at radius 3 is 2.37 bits per heavy atom. The maximum Gasteiger partial charge on any atom is 0.247 e. The molecule has 0 saturated carbocycles. The van der Waals surface area contributed by atoms with Crippen LogP contribution < -0.4 is 5.73 Å². The quantitative estimate of drug-likeness (QED) is 0.854. The molecule has 1 heterocycles. The maximum absolute atomic E-state index is 12.8. The summed E-state index contributed by atoms with van der Waals surface area (Å²) in [5.74, 6) is 0. The number of nitrogens with two attached hydrogens (primary N) is 1. The molecule has 106 valence electrons. The Labute approximate surface area is 119 Å². The zero-order valence-electron chi connectivity index (χ0n) is 11.1. The first-order valence-electron chi connectivity index (χ1n) is 6.43. The van der Waals surface area contributed by atoms with Crippen LogP contribution in [0.1, 0.15) is 33.1 Å². The molecule has 0 amide bonds. The number of sulfonamides is 1. The predicted molar refractivity (Wildman–Crippen MR) is 77.7 cm³/mol. The van der Waals surface area contributed by atoms with Crippen molar-refractivity contribution in [3.05, 3.63) is 23.2 Å². The molecule has 19 heavy (non-hydrogen) atoms. The molecule has 2 rings (SSSR count). The highest BCUT2D eigenvalue weighted by molar-refractivity contribution is 7.89. The molecule has 0 unspecified atom stereocenters. The van der Waals surface area contributed by atoms with E-state index < -0.39 is 10.0 Å². The third-order valence-corrected chi connectivity index (χ3v) is 6.32. The molecule has 0 aliphatic carbocycles. The fraction of sp³-hybridized carbons (Fsp3) is 0.538. The number of rotatable bonds is 2. The first-order valence-corrected chi connectivity index (χ1v) is 8.25.